The fourth-order valence-corrected chi connectivity index (χ4v) is 5.39. The van der Waals surface area contributed by atoms with Crippen LogP contribution in [-0.2, 0) is 14.8 Å². The molecule has 11 heteroatoms. The Hall–Kier alpha value is -0.920. The number of likely N-dealkylation sites (tertiary alicyclic amines) is 1. The second-order valence-corrected chi connectivity index (χ2v) is 9.64. The number of carbonyl (C=O) groups is 1. The van der Waals surface area contributed by atoms with E-state index in [1.54, 1.807) is 19.2 Å². The summed E-state index contributed by atoms with van der Waals surface area (Å²) >= 11 is 1.25. The van der Waals surface area contributed by atoms with Crippen LogP contribution in [0.4, 0.5) is 0 Å². The Bertz CT molecular complexity index is 751. The molecule has 2 heterocycles. The lowest BCUT2D eigenvalue weighted by atomic mass is 9.95. The predicted octanol–water partition coefficient (Wildman–Crippen LogP) is 1.12. The smallest absolute Gasteiger partial charge is 0.250 e. The standard InChI is InChI=1S/C16H27N5O3S2.HI/c1-12-5-6-15(25-12)26(23,24)20-8-7-19-16(18-2)21-9-3-4-13(11-21)10-14(17)22;/h5-6,13,20H,3-4,7-11H2,1-2H3,(H2,17,22)(H,18,19);1H. The van der Waals surface area contributed by atoms with Gasteiger partial charge in [0.05, 0.1) is 0 Å². The lowest BCUT2D eigenvalue weighted by molar-refractivity contribution is -0.119. The number of nitrogens with zero attached hydrogens (tertiary/aromatic N) is 2. The molecular weight excluding hydrogens is 501 g/mol. The van der Waals surface area contributed by atoms with Crippen molar-refractivity contribution < 1.29 is 13.2 Å². The third-order valence-electron chi connectivity index (χ3n) is 4.20. The molecule has 1 aromatic rings. The average Bonchev–Trinajstić information content (AvgIpc) is 3.02. The Morgan fingerprint density at radius 3 is 2.74 bits per heavy atom. The molecule has 0 aliphatic carbocycles. The molecular formula is C16H28IN5O3S2. The zero-order valence-electron chi connectivity index (χ0n) is 15.6. The second-order valence-electron chi connectivity index (χ2n) is 6.36. The third-order valence-corrected chi connectivity index (χ3v) is 7.15. The van der Waals surface area contributed by atoms with Gasteiger partial charge in [-0.05, 0) is 37.8 Å². The van der Waals surface area contributed by atoms with Gasteiger partial charge in [0.25, 0.3) is 0 Å². The van der Waals surface area contributed by atoms with Crippen LogP contribution in [0.5, 0.6) is 0 Å². The van der Waals surface area contributed by atoms with Crippen molar-refractivity contribution in [2.45, 2.75) is 30.4 Å². The number of halogens is 1. The summed E-state index contributed by atoms with van der Waals surface area (Å²) in [5.74, 6) is 0.670. The Balaban J connectivity index is 0.00000364. The third kappa shape index (κ3) is 7.54. The van der Waals surface area contributed by atoms with Crippen LogP contribution in [0.15, 0.2) is 21.3 Å². The number of nitrogens with two attached hydrogens (primary N) is 1. The van der Waals surface area contributed by atoms with Gasteiger partial charge in [-0.3, -0.25) is 9.79 Å². The maximum absolute atomic E-state index is 12.2. The number of carbonyl (C=O) groups excluding carboxylic acids is 1. The fourth-order valence-electron chi connectivity index (χ4n) is 3.03. The highest BCUT2D eigenvalue weighted by Gasteiger charge is 2.23. The van der Waals surface area contributed by atoms with E-state index in [1.807, 2.05) is 6.92 Å². The molecule has 1 aliphatic rings. The van der Waals surface area contributed by atoms with Gasteiger partial charge in [0.2, 0.25) is 15.9 Å². The largest absolute Gasteiger partial charge is 0.370 e. The van der Waals surface area contributed by atoms with Crippen molar-refractivity contribution in [2.75, 3.05) is 33.2 Å². The number of rotatable bonds is 7. The van der Waals surface area contributed by atoms with Gasteiger partial charge in [0, 0.05) is 44.5 Å². The maximum Gasteiger partial charge on any atom is 0.250 e. The fraction of sp³-hybridized carbons (Fsp3) is 0.625. The molecule has 1 aromatic heterocycles. The van der Waals surface area contributed by atoms with E-state index in [2.05, 4.69) is 19.9 Å². The molecule has 1 unspecified atom stereocenters. The van der Waals surface area contributed by atoms with Gasteiger partial charge in [-0.15, -0.1) is 35.3 Å². The monoisotopic (exact) mass is 529 g/mol. The van der Waals surface area contributed by atoms with E-state index in [4.69, 9.17) is 5.73 Å². The normalized spacial score (nSPS) is 18.1. The van der Waals surface area contributed by atoms with Crippen LogP contribution in [0.3, 0.4) is 0 Å². The summed E-state index contributed by atoms with van der Waals surface area (Å²) in [5.41, 5.74) is 5.30. The van der Waals surface area contributed by atoms with Gasteiger partial charge in [-0.25, -0.2) is 13.1 Å². The number of piperidine rings is 1. The van der Waals surface area contributed by atoms with E-state index >= 15 is 0 Å². The summed E-state index contributed by atoms with van der Waals surface area (Å²) in [6, 6.07) is 3.40. The van der Waals surface area contributed by atoms with E-state index in [0.29, 0.717) is 23.1 Å². The van der Waals surface area contributed by atoms with Crippen molar-refractivity contribution in [2.24, 2.45) is 16.6 Å². The SMILES string of the molecule is CN=C(NCCNS(=O)(=O)c1ccc(C)s1)N1CCCC(CC(N)=O)C1.I. The summed E-state index contributed by atoms with van der Waals surface area (Å²) in [6.45, 7) is 4.14. The molecule has 154 valence electrons. The molecule has 8 nitrogen and oxygen atoms in total. The summed E-state index contributed by atoms with van der Waals surface area (Å²) in [7, 11) is -1.77. The first-order chi connectivity index (χ1) is 12.3. The number of thiophene rings is 1. The Kier molecular flexibility index (Phi) is 9.98. The van der Waals surface area contributed by atoms with Crippen molar-refractivity contribution in [3.8, 4) is 0 Å². The topological polar surface area (TPSA) is 117 Å². The minimum absolute atomic E-state index is 0. The van der Waals surface area contributed by atoms with Gasteiger partial charge in [-0.2, -0.15) is 0 Å². The first-order valence-electron chi connectivity index (χ1n) is 8.62. The Morgan fingerprint density at radius 1 is 1.41 bits per heavy atom. The van der Waals surface area contributed by atoms with Crippen molar-refractivity contribution in [3.05, 3.63) is 17.0 Å². The minimum Gasteiger partial charge on any atom is -0.370 e. The van der Waals surface area contributed by atoms with E-state index in [-0.39, 0.29) is 42.3 Å². The molecule has 27 heavy (non-hydrogen) atoms. The van der Waals surface area contributed by atoms with Crippen LogP contribution in [0.2, 0.25) is 0 Å². The summed E-state index contributed by atoms with van der Waals surface area (Å²) < 4.78 is 27.3. The van der Waals surface area contributed by atoms with Crippen LogP contribution in [-0.4, -0.2) is 58.4 Å². The van der Waals surface area contributed by atoms with Gasteiger partial charge < -0.3 is 16.0 Å². The maximum atomic E-state index is 12.2. The number of aryl methyl sites for hydroxylation is 1. The van der Waals surface area contributed by atoms with Crippen LogP contribution in [0.1, 0.15) is 24.1 Å². The first-order valence-corrected chi connectivity index (χ1v) is 10.9. The van der Waals surface area contributed by atoms with Crippen molar-refractivity contribution in [3.63, 3.8) is 0 Å². The number of sulfonamides is 1. The predicted molar refractivity (Wildman–Crippen MR) is 119 cm³/mol. The van der Waals surface area contributed by atoms with Crippen molar-refractivity contribution in [1.82, 2.24) is 14.9 Å². The van der Waals surface area contributed by atoms with Crippen molar-refractivity contribution in [1.29, 1.82) is 0 Å². The molecule has 0 saturated carbocycles. The lowest BCUT2D eigenvalue weighted by Crippen LogP contribution is -2.48. The molecule has 4 N–H and O–H groups in total. The van der Waals surface area contributed by atoms with Crippen LogP contribution >= 0.6 is 35.3 Å². The van der Waals surface area contributed by atoms with Gasteiger partial charge in [0.1, 0.15) is 4.21 Å². The number of guanidine groups is 1. The summed E-state index contributed by atoms with van der Waals surface area (Å²) in [4.78, 5) is 18.4. The number of hydrogen-bond donors (Lipinski definition) is 3. The van der Waals surface area contributed by atoms with Crippen LogP contribution < -0.4 is 15.8 Å². The van der Waals surface area contributed by atoms with Gasteiger partial charge in [-0.1, -0.05) is 0 Å². The van der Waals surface area contributed by atoms with Crippen molar-refractivity contribution >= 4 is 57.2 Å². The molecule has 0 aromatic carbocycles. The van der Waals surface area contributed by atoms with E-state index in [9.17, 15) is 13.2 Å². The molecule has 0 spiro atoms. The molecule has 0 radical (unpaired) electrons. The molecule has 1 aliphatic heterocycles. The van der Waals surface area contributed by atoms with Gasteiger partial charge >= 0.3 is 0 Å². The molecule has 1 saturated heterocycles. The summed E-state index contributed by atoms with van der Waals surface area (Å²) in [5, 5.41) is 3.18. The number of amides is 1. The van der Waals surface area contributed by atoms with Crippen LogP contribution in [0.25, 0.3) is 0 Å². The molecule has 0 bridgehead atoms. The highest BCUT2D eigenvalue weighted by molar-refractivity contribution is 14.0. The Labute approximate surface area is 182 Å². The number of nitrogens with one attached hydrogen (secondary N) is 2. The first kappa shape index (κ1) is 24.1. The number of primary amides is 1. The van der Waals surface area contributed by atoms with E-state index in [0.717, 1.165) is 30.8 Å². The van der Waals surface area contributed by atoms with Gasteiger partial charge in [0.15, 0.2) is 5.96 Å². The molecule has 2 rings (SSSR count). The minimum atomic E-state index is -3.47. The molecule has 1 atom stereocenters. The highest BCUT2D eigenvalue weighted by atomic mass is 127. The summed E-state index contributed by atoms with van der Waals surface area (Å²) in [6.07, 6.45) is 2.34. The highest BCUT2D eigenvalue weighted by Crippen LogP contribution is 2.20. The number of aliphatic imine (C=N–C) groups is 1. The zero-order chi connectivity index (χ0) is 19.2. The van der Waals surface area contributed by atoms with E-state index in [1.165, 1.54) is 11.3 Å². The quantitative estimate of drug-likeness (QED) is 0.212. The molecule has 1 amide bonds. The molecule has 1 fully saturated rings. The van der Waals surface area contributed by atoms with E-state index < -0.39 is 10.0 Å². The average molecular weight is 529 g/mol. The van der Waals surface area contributed by atoms with Crippen LogP contribution in [0, 0.1) is 12.8 Å². The lowest BCUT2D eigenvalue weighted by Gasteiger charge is -2.34. The Morgan fingerprint density at radius 2 is 2.15 bits per heavy atom. The zero-order valence-corrected chi connectivity index (χ0v) is 19.6. The number of hydrogen-bond acceptors (Lipinski definition) is 5. The second kappa shape index (κ2) is 11.2.